The van der Waals surface area contributed by atoms with Crippen LogP contribution in [0.3, 0.4) is 0 Å². The quantitative estimate of drug-likeness (QED) is 0.612. The smallest absolute Gasteiger partial charge is 0.331 e. The molecule has 0 saturated carbocycles. The average molecular weight is 272 g/mol. The van der Waals surface area contributed by atoms with E-state index in [-0.39, 0.29) is 5.97 Å². The van der Waals surface area contributed by atoms with Crippen LogP contribution in [0, 0.1) is 0 Å². The molecule has 1 aliphatic heterocycles. The highest BCUT2D eigenvalue weighted by molar-refractivity contribution is 5.93. The van der Waals surface area contributed by atoms with Gasteiger partial charge in [0.05, 0.1) is 13.2 Å². The van der Waals surface area contributed by atoms with E-state index in [0.29, 0.717) is 6.61 Å². The first-order valence-electron chi connectivity index (χ1n) is 7.45. The van der Waals surface area contributed by atoms with E-state index in [1.807, 2.05) is 6.92 Å². The van der Waals surface area contributed by atoms with Gasteiger partial charge in [0.1, 0.15) is 5.75 Å². The molecule has 1 aliphatic carbocycles. The van der Waals surface area contributed by atoms with E-state index < -0.39 is 0 Å². The first-order chi connectivity index (χ1) is 9.79. The van der Waals surface area contributed by atoms with E-state index in [0.717, 1.165) is 50.0 Å². The van der Waals surface area contributed by atoms with Crippen LogP contribution in [0.1, 0.15) is 42.9 Å². The van der Waals surface area contributed by atoms with Crippen molar-refractivity contribution in [1.29, 1.82) is 0 Å². The molecule has 3 heteroatoms. The lowest BCUT2D eigenvalue weighted by Gasteiger charge is -2.27. The Kier molecular flexibility index (Phi) is 3.77. The Bertz CT molecular complexity index is 558. The molecule has 1 aromatic carbocycles. The summed E-state index contributed by atoms with van der Waals surface area (Å²) in [4.78, 5) is 11.8. The van der Waals surface area contributed by atoms with Crippen molar-refractivity contribution in [2.45, 2.75) is 39.0 Å². The van der Waals surface area contributed by atoms with E-state index in [1.165, 1.54) is 16.7 Å². The van der Waals surface area contributed by atoms with Crippen molar-refractivity contribution in [3.05, 3.63) is 34.9 Å². The molecule has 1 aromatic rings. The van der Waals surface area contributed by atoms with Crippen LogP contribution in [0.15, 0.2) is 18.2 Å². The predicted octanol–water partition coefficient (Wildman–Crippen LogP) is 3.29. The van der Waals surface area contributed by atoms with Gasteiger partial charge in [0.25, 0.3) is 0 Å². The number of carbonyl (C=O) groups excluding carboxylic acids is 1. The van der Waals surface area contributed by atoms with Crippen LogP contribution >= 0.6 is 0 Å². The summed E-state index contributed by atoms with van der Waals surface area (Å²) in [5.41, 5.74) is 4.99. The zero-order valence-electron chi connectivity index (χ0n) is 11.9. The van der Waals surface area contributed by atoms with Crippen molar-refractivity contribution in [1.82, 2.24) is 0 Å². The molecule has 0 fully saturated rings. The van der Waals surface area contributed by atoms with Crippen molar-refractivity contribution >= 4 is 11.5 Å². The summed E-state index contributed by atoms with van der Waals surface area (Å²) in [7, 11) is 0. The van der Waals surface area contributed by atoms with Gasteiger partial charge in [-0.3, -0.25) is 0 Å². The van der Waals surface area contributed by atoms with Gasteiger partial charge in [-0.05, 0) is 61.8 Å². The molecule has 0 amide bonds. The van der Waals surface area contributed by atoms with Gasteiger partial charge in [0, 0.05) is 11.6 Å². The Balaban J connectivity index is 2.04. The van der Waals surface area contributed by atoms with Crippen LogP contribution < -0.4 is 4.74 Å². The molecular weight excluding hydrogens is 252 g/mol. The monoisotopic (exact) mass is 272 g/mol. The van der Waals surface area contributed by atoms with E-state index in [4.69, 9.17) is 9.47 Å². The summed E-state index contributed by atoms with van der Waals surface area (Å²) < 4.78 is 10.8. The molecular formula is C17H20O3. The van der Waals surface area contributed by atoms with E-state index in [9.17, 15) is 4.79 Å². The van der Waals surface area contributed by atoms with Crippen LogP contribution in [0.25, 0.3) is 5.57 Å². The molecule has 3 rings (SSSR count). The molecule has 0 unspecified atom stereocenters. The fourth-order valence-corrected chi connectivity index (χ4v) is 3.16. The van der Waals surface area contributed by atoms with Crippen molar-refractivity contribution in [2.24, 2.45) is 0 Å². The van der Waals surface area contributed by atoms with E-state index in [2.05, 4.69) is 12.1 Å². The molecule has 3 nitrogen and oxygen atoms in total. The number of hydrogen-bond acceptors (Lipinski definition) is 3. The third-order valence-corrected chi connectivity index (χ3v) is 3.98. The maximum atomic E-state index is 11.8. The maximum absolute atomic E-state index is 11.8. The lowest BCUT2D eigenvalue weighted by atomic mass is 9.82. The Morgan fingerprint density at radius 3 is 3.05 bits per heavy atom. The molecule has 0 saturated heterocycles. The first-order valence-corrected chi connectivity index (χ1v) is 7.45. The number of rotatable bonds is 2. The van der Waals surface area contributed by atoms with Gasteiger partial charge in [0.15, 0.2) is 0 Å². The maximum Gasteiger partial charge on any atom is 0.331 e. The van der Waals surface area contributed by atoms with Crippen LogP contribution in [-0.2, 0) is 22.4 Å². The molecule has 0 spiro atoms. The van der Waals surface area contributed by atoms with Gasteiger partial charge in [-0.2, -0.15) is 0 Å². The SMILES string of the molecule is CCOC(=O)/C=C1\CCCc2ccc3c(c21)CCCO3. The number of ether oxygens (including phenoxy) is 2. The number of carbonyl (C=O) groups is 1. The zero-order valence-corrected chi connectivity index (χ0v) is 11.9. The van der Waals surface area contributed by atoms with Crippen LogP contribution in [-0.4, -0.2) is 19.2 Å². The third-order valence-electron chi connectivity index (χ3n) is 3.98. The molecule has 2 aliphatic rings. The van der Waals surface area contributed by atoms with Gasteiger partial charge in [-0.1, -0.05) is 6.07 Å². The second kappa shape index (κ2) is 5.70. The molecule has 0 bridgehead atoms. The number of aryl methyl sites for hydroxylation is 1. The molecule has 0 atom stereocenters. The van der Waals surface area contributed by atoms with Gasteiger partial charge in [-0.15, -0.1) is 0 Å². The molecule has 1 heterocycles. The Morgan fingerprint density at radius 2 is 2.20 bits per heavy atom. The van der Waals surface area contributed by atoms with Crippen LogP contribution in [0.4, 0.5) is 0 Å². The largest absolute Gasteiger partial charge is 0.493 e. The first kappa shape index (κ1) is 13.2. The van der Waals surface area contributed by atoms with Gasteiger partial charge in [-0.25, -0.2) is 4.79 Å². The highest BCUT2D eigenvalue weighted by Crippen LogP contribution is 2.39. The number of hydrogen-bond donors (Lipinski definition) is 0. The Morgan fingerprint density at radius 1 is 1.30 bits per heavy atom. The minimum atomic E-state index is -0.232. The lowest BCUT2D eigenvalue weighted by molar-refractivity contribution is -0.137. The number of fused-ring (bicyclic) bond motifs is 3. The second-order valence-corrected chi connectivity index (χ2v) is 5.30. The number of benzene rings is 1. The van der Waals surface area contributed by atoms with Crippen LogP contribution in [0.2, 0.25) is 0 Å². The second-order valence-electron chi connectivity index (χ2n) is 5.30. The normalized spacial score (nSPS) is 18.9. The molecule has 0 radical (unpaired) electrons. The number of allylic oxidation sites excluding steroid dienone is 1. The standard InChI is InChI=1S/C17H20O3/c1-2-19-16(18)11-13-6-3-5-12-8-9-15-14(17(12)13)7-4-10-20-15/h8-9,11H,2-7,10H2,1H3/b13-11+. The Labute approximate surface area is 119 Å². The topological polar surface area (TPSA) is 35.5 Å². The fourth-order valence-electron chi connectivity index (χ4n) is 3.16. The fraction of sp³-hybridized carbons (Fsp3) is 0.471. The van der Waals surface area contributed by atoms with Crippen molar-refractivity contribution in [2.75, 3.05) is 13.2 Å². The molecule has 106 valence electrons. The minimum Gasteiger partial charge on any atom is -0.493 e. The van der Waals surface area contributed by atoms with Gasteiger partial charge < -0.3 is 9.47 Å². The summed E-state index contributed by atoms with van der Waals surface area (Å²) in [6.07, 6.45) is 6.90. The van der Waals surface area contributed by atoms with E-state index in [1.54, 1.807) is 6.08 Å². The zero-order chi connectivity index (χ0) is 13.9. The molecule has 0 aromatic heterocycles. The predicted molar refractivity (Wildman–Crippen MR) is 77.8 cm³/mol. The van der Waals surface area contributed by atoms with Crippen LogP contribution in [0.5, 0.6) is 5.75 Å². The summed E-state index contributed by atoms with van der Waals surface area (Å²) in [5.74, 6) is 0.760. The Hall–Kier alpha value is -1.77. The summed E-state index contributed by atoms with van der Waals surface area (Å²) >= 11 is 0. The molecule has 20 heavy (non-hydrogen) atoms. The average Bonchev–Trinajstić information content (AvgIpc) is 2.47. The highest BCUT2D eigenvalue weighted by atomic mass is 16.5. The van der Waals surface area contributed by atoms with Gasteiger partial charge in [0.2, 0.25) is 0 Å². The van der Waals surface area contributed by atoms with Crippen molar-refractivity contribution < 1.29 is 14.3 Å². The minimum absolute atomic E-state index is 0.232. The van der Waals surface area contributed by atoms with Crippen molar-refractivity contribution in [3.8, 4) is 5.75 Å². The van der Waals surface area contributed by atoms with Gasteiger partial charge >= 0.3 is 5.97 Å². The third kappa shape index (κ3) is 2.45. The summed E-state index contributed by atoms with van der Waals surface area (Å²) in [6, 6.07) is 4.23. The summed E-state index contributed by atoms with van der Waals surface area (Å²) in [6.45, 7) is 3.05. The van der Waals surface area contributed by atoms with E-state index >= 15 is 0 Å². The van der Waals surface area contributed by atoms with Crippen molar-refractivity contribution in [3.63, 3.8) is 0 Å². The molecule has 0 N–H and O–H groups in total. The lowest BCUT2D eigenvalue weighted by Crippen LogP contribution is -2.14. The summed E-state index contributed by atoms with van der Waals surface area (Å²) in [5, 5.41) is 0. The highest BCUT2D eigenvalue weighted by Gasteiger charge is 2.23. The number of esters is 1.